The Morgan fingerprint density at radius 1 is 1.24 bits per heavy atom. The van der Waals surface area contributed by atoms with Crippen LogP contribution in [0.15, 0.2) is 35.1 Å². The summed E-state index contributed by atoms with van der Waals surface area (Å²) in [6, 6.07) is 7.68. The van der Waals surface area contributed by atoms with E-state index in [9.17, 15) is 22.8 Å². The molecule has 0 spiro atoms. The maximum Gasteiger partial charge on any atom is 0.403 e. The molecule has 2 aromatic heterocycles. The lowest BCUT2D eigenvalue weighted by molar-refractivity contribution is -0.164. The fourth-order valence-electron chi connectivity index (χ4n) is 5.78. The third-order valence-electron chi connectivity index (χ3n) is 7.62. The number of H-pyrrole nitrogens is 1. The van der Waals surface area contributed by atoms with Gasteiger partial charge >= 0.3 is 6.18 Å². The van der Waals surface area contributed by atoms with Crippen molar-refractivity contribution in [2.75, 3.05) is 6.54 Å². The van der Waals surface area contributed by atoms with E-state index in [1.807, 2.05) is 62.6 Å². The number of nitrogens with one attached hydrogen (secondary N) is 3. The van der Waals surface area contributed by atoms with Gasteiger partial charge in [-0.05, 0) is 70.2 Å². The van der Waals surface area contributed by atoms with Gasteiger partial charge < -0.3 is 20.2 Å². The van der Waals surface area contributed by atoms with E-state index in [2.05, 4.69) is 15.6 Å². The summed E-state index contributed by atoms with van der Waals surface area (Å²) in [5.41, 5.74) is 4.05. The number of carbonyl (C=O) groups excluding carboxylic acids is 1. The number of benzene rings is 1. The third kappa shape index (κ3) is 5.46. The zero-order valence-corrected chi connectivity index (χ0v) is 21.8. The molecule has 1 amide bonds. The molecule has 0 bridgehead atoms. The molecule has 1 aliphatic rings. The lowest BCUT2D eigenvalue weighted by atomic mass is 9.86. The van der Waals surface area contributed by atoms with Crippen LogP contribution in [0.1, 0.15) is 72.0 Å². The van der Waals surface area contributed by atoms with Crippen molar-refractivity contribution in [2.24, 2.45) is 5.92 Å². The minimum absolute atomic E-state index is 0.00541. The van der Waals surface area contributed by atoms with Crippen LogP contribution in [0.2, 0.25) is 0 Å². The second-order valence-corrected chi connectivity index (χ2v) is 10.1. The molecule has 3 aromatic rings. The molecule has 4 rings (SSSR count). The summed E-state index contributed by atoms with van der Waals surface area (Å²) in [6.07, 6.45) is -2.06. The number of halogens is 3. The summed E-state index contributed by atoms with van der Waals surface area (Å²) in [5.74, 6) is -0.499. The number of aromatic nitrogens is 2. The molecule has 3 N–H and O–H groups in total. The van der Waals surface area contributed by atoms with Crippen LogP contribution in [0, 0.1) is 19.8 Å². The van der Waals surface area contributed by atoms with E-state index in [1.165, 1.54) is 0 Å². The first kappa shape index (κ1) is 27.0. The van der Waals surface area contributed by atoms with Crippen molar-refractivity contribution in [1.82, 2.24) is 20.2 Å². The second kappa shape index (κ2) is 10.7. The second-order valence-electron chi connectivity index (χ2n) is 10.1. The maximum atomic E-state index is 13.5. The van der Waals surface area contributed by atoms with E-state index in [-0.39, 0.29) is 36.4 Å². The number of carbonyl (C=O) groups is 1. The smallest absolute Gasteiger partial charge is 0.348 e. The summed E-state index contributed by atoms with van der Waals surface area (Å²) in [5, 5.41) is 6.28. The molecule has 3 unspecified atom stereocenters. The van der Waals surface area contributed by atoms with Crippen LogP contribution in [0.3, 0.4) is 0 Å². The molecular formula is C28H35F3N4O2. The van der Waals surface area contributed by atoms with Gasteiger partial charge in [0.25, 0.3) is 11.5 Å². The fourth-order valence-corrected chi connectivity index (χ4v) is 5.78. The Balaban J connectivity index is 1.65. The van der Waals surface area contributed by atoms with Crippen LogP contribution in [0.25, 0.3) is 10.9 Å². The number of para-hydroxylation sites is 1. The molecule has 37 heavy (non-hydrogen) atoms. The van der Waals surface area contributed by atoms with Gasteiger partial charge in [0, 0.05) is 40.4 Å². The lowest BCUT2D eigenvalue weighted by Gasteiger charge is -2.36. The van der Waals surface area contributed by atoms with Crippen LogP contribution in [-0.4, -0.2) is 34.2 Å². The molecule has 3 atom stereocenters. The van der Waals surface area contributed by atoms with Crippen LogP contribution in [0.4, 0.5) is 13.2 Å². The zero-order chi connectivity index (χ0) is 26.9. The minimum atomic E-state index is -4.29. The highest BCUT2D eigenvalue weighted by molar-refractivity contribution is 6.08. The third-order valence-corrected chi connectivity index (χ3v) is 7.62. The minimum Gasteiger partial charge on any atom is -0.348 e. The monoisotopic (exact) mass is 516 g/mol. The SMILES string of the molecule is CCCc1cc(C)[nH]c(=O)c1CNC(=O)c1c(C)n(C(C)C2CCNC(C(F)(F)F)C2)c2ccccc12. The lowest BCUT2D eigenvalue weighted by Crippen LogP contribution is -2.48. The van der Waals surface area contributed by atoms with E-state index in [4.69, 9.17) is 0 Å². The predicted molar refractivity (Wildman–Crippen MR) is 139 cm³/mol. The first-order chi connectivity index (χ1) is 17.5. The molecule has 6 nitrogen and oxygen atoms in total. The Hall–Kier alpha value is -3.07. The van der Waals surface area contributed by atoms with Gasteiger partial charge in [-0.25, -0.2) is 0 Å². The van der Waals surface area contributed by atoms with E-state index in [1.54, 1.807) is 0 Å². The number of hydrogen-bond acceptors (Lipinski definition) is 3. The molecule has 1 fully saturated rings. The van der Waals surface area contributed by atoms with Gasteiger partial charge in [-0.1, -0.05) is 31.5 Å². The first-order valence-electron chi connectivity index (χ1n) is 12.9. The quantitative estimate of drug-likeness (QED) is 0.398. The Morgan fingerprint density at radius 2 is 1.97 bits per heavy atom. The summed E-state index contributed by atoms with van der Waals surface area (Å²) in [4.78, 5) is 28.9. The Labute approximate surface area is 214 Å². The molecule has 0 saturated carbocycles. The number of aryl methyl sites for hydroxylation is 2. The standard InChI is InChI=1S/C28H35F3N4O2/c1-5-8-20-13-16(2)34-26(36)22(20)15-33-27(37)25-18(4)35(23-10-7-6-9-21(23)25)17(3)19-11-12-32-24(14-19)28(29,30)31/h6-7,9-10,13,17,19,24,32H,5,8,11-12,14-15H2,1-4H3,(H,33,37)(H,34,36). The van der Waals surface area contributed by atoms with Gasteiger partial charge in [0.05, 0.1) is 5.56 Å². The number of alkyl halides is 3. The highest BCUT2D eigenvalue weighted by Crippen LogP contribution is 2.38. The number of amides is 1. The summed E-state index contributed by atoms with van der Waals surface area (Å²) in [6.45, 7) is 8.05. The highest BCUT2D eigenvalue weighted by atomic mass is 19.4. The van der Waals surface area contributed by atoms with Crippen LogP contribution in [-0.2, 0) is 13.0 Å². The predicted octanol–water partition coefficient (Wildman–Crippen LogP) is 5.32. The van der Waals surface area contributed by atoms with Gasteiger partial charge in [0.1, 0.15) is 6.04 Å². The Morgan fingerprint density at radius 3 is 2.68 bits per heavy atom. The van der Waals surface area contributed by atoms with E-state index in [0.29, 0.717) is 29.8 Å². The number of nitrogens with zero attached hydrogens (tertiary/aromatic N) is 1. The first-order valence-corrected chi connectivity index (χ1v) is 12.9. The van der Waals surface area contributed by atoms with Crippen molar-refractivity contribution in [3.8, 4) is 0 Å². The molecule has 1 aliphatic heterocycles. The Kier molecular flexibility index (Phi) is 7.83. The van der Waals surface area contributed by atoms with Gasteiger partial charge in [-0.3, -0.25) is 9.59 Å². The van der Waals surface area contributed by atoms with Crippen molar-refractivity contribution in [3.63, 3.8) is 0 Å². The number of aromatic amines is 1. The molecule has 200 valence electrons. The van der Waals surface area contributed by atoms with Crippen LogP contribution < -0.4 is 16.2 Å². The van der Waals surface area contributed by atoms with E-state index in [0.717, 1.165) is 35.0 Å². The van der Waals surface area contributed by atoms with E-state index >= 15 is 0 Å². The summed E-state index contributed by atoms with van der Waals surface area (Å²) in [7, 11) is 0. The van der Waals surface area contributed by atoms with Crippen LogP contribution >= 0.6 is 0 Å². The molecule has 0 aliphatic carbocycles. The number of fused-ring (bicyclic) bond motifs is 1. The van der Waals surface area contributed by atoms with Crippen molar-refractivity contribution in [2.45, 2.75) is 78.2 Å². The zero-order valence-electron chi connectivity index (χ0n) is 21.8. The molecule has 1 saturated heterocycles. The topological polar surface area (TPSA) is 78.9 Å². The van der Waals surface area contributed by atoms with E-state index < -0.39 is 12.2 Å². The van der Waals surface area contributed by atoms with Crippen molar-refractivity contribution in [1.29, 1.82) is 0 Å². The van der Waals surface area contributed by atoms with Gasteiger partial charge in [-0.2, -0.15) is 13.2 Å². The normalized spacial score (nSPS) is 19.2. The number of hydrogen-bond donors (Lipinski definition) is 3. The maximum absolute atomic E-state index is 13.5. The number of rotatable bonds is 7. The highest BCUT2D eigenvalue weighted by Gasteiger charge is 2.43. The van der Waals surface area contributed by atoms with Crippen molar-refractivity contribution in [3.05, 3.63) is 68.8 Å². The number of pyridine rings is 1. The van der Waals surface area contributed by atoms with Crippen LogP contribution in [0.5, 0.6) is 0 Å². The van der Waals surface area contributed by atoms with Gasteiger partial charge in [0.2, 0.25) is 0 Å². The van der Waals surface area contributed by atoms with Gasteiger partial charge in [0.15, 0.2) is 0 Å². The average molecular weight is 517 g/mol. The molecule has 9 heteroatoms. The largest absolute Gasteiger partial charge is 0.403 e. The van der Waals surface area contributed by atoms with Gasteiger partial charge in [-0.15, -0.1) is 0 Å². The Bertz CT molecular complexity index is 1340. The molecule has 1 aromatic carbocycles. The summed E-state index contributed by atoms with van der Waals surface area (Å²) >= 11 is 0. The molecule has 0 radical (unpaired) electrons. The average Bonchev–Trinajstić information content (AvgIpc) is 3.14. The molecular weight excluding hydrogens is 481 g/mol. The van der Waals surface area contributed by atoms with Crippen molar-refractivity contribution >= 4 is 16.8 Å². The summed E-state index contributed by atoms with van der Waals surface area (Å²) < 4.78 is 42.3. The number of piperidine rings is 1. The molecule has 3 heterocycles. The van der Waals surface area contributed by atoms with Crippen molar-refractivity contribution < 1.29 is 18.0 Å². The fraction of sp³-hybridized carbons (Fsp3) is 0.500.